The number of nitrogens with one attached hydrogen (secondary N) is 2. The van der Waals surface area contributed by atoms with Crippen molar-refractivity contribution in [2.24, 2.45) is 4.99 Å². The Hall–Kier alpha value is -2.41. The maximum absolute atomic E-state index is 5.12. The minimum absolute atomic E-state index is 0.168. The molecule has 0 aliphatic heterocycles. The highest BCUT2D eigenvalue weighted by molar-refractivity contribution is 5.80. The number of nitrogens with zero attached hydrogens (tertiary/aromatic N) is 4. The Morgan fingerprint density at radius 2 is 2.15 bits per heavy atom. The van der Waals surface area contributed by atoms with Crippen LogP contribution in [0.4, 0.5) is 0 Å². The normalized spacial score (nSPS) is 12.8. The van der Waals surface area contributed by atoms with Crippen molar-refractivity contribution in [3.63, 3.8) is 0 Å². The highest BCUT2D eigenvalue weighted by Gasteiger charge is 2.10. The number of aromatic nitrogens is 3. The second-order valence-corrected chi connectivity index (χ2v) is 6.52. The number of aryl methyl sites for hydroxylation is 2. The van der Waals surface area contributed by atoms with E-state index >= 15 is 0 Å². The van der Waals surface area contributed by atoms with E-state index in [1.807, 2.05) is 0 Å². The number of benzene rings is 1. The molecule has 1 atom stereocenters. The van der Waals surface area contributed by atoms with Crippen molar-refractivity contribution in [3.8, 4) is 0 Å². The Morgan fingerprint density at radius 3 is 2.89 bits per heavy atom. The molecule has 7 heteroatoms. The van der Waals surface area contributed by atoms with Crippen LogP contribution >= 0.6 is 0 Å². The van der Waals surface area contributed by atoms with E-state index in [-0.39, 0.29) is 6.04 Å². The highest BCUT2D eigenvalue weighted by atomic mass is 16.5. The minimum Gasteiger partial charge on any atom is -0.385 e. The van der Waals surface area contributed by atoms with Crippen molar-refractivity contribution in [1.29, 1.82) is 0 Å². The summed E-state index contributed by atoms with van der Waals surface area (Å²) in [6.45, 7) is 9.36. The number of methoxy groups -OCH3 is 1. The summed E-state index contributed by atoms with van der Waals surface area (Å²) in [5.41, 5.74) is 2.55. The van der Waals surface area contributed by atoms with Crippen LogP contribution < -0.4 is 10.6 Å². The number of hydrogen-bond donors (Lipinski definition) is 2. The summed E-state index contributed by atoms with van der Waals surface area (Å²) in [6.07, 6.45) is 3.55. The van der Waals surface area contributed by atoms with Crippen LogP contribution in [0, 0.1) is 6.92 Å². The Kier molecular flexibility index (Phi) is 8.77. The standard InChI is InChI=1S/C20H32N6O/c1-5-19-25-23-15-26(19)13-12-22-20(21-11-8-14-27-4)24-17(3)18-10-7-6-9-16(18)2/h6-7,9-10,15,17H,5,8,11-14H2,1-4H3,(H2,21,22,24). The van der Waals surface area contributed by atoms with Crippen LogP contribution in [0.2, 0.25) is 0 Å². The van der Waals surface area contributed by atoms with Gasteiger partial charge in [0.25, 0.3) is 0 Å². The zero-order chi connectivity index (χ0) is 19.5. The lowest BCUT2D eigenvalue weighted by Gasteiger charge is -2.20. The van der Waals surface area contributed by atoms with Crippen molar-refractivity contribution in [2.75, 3.05) is 26.8 Å². The van der Waals surface area contributed by atoms with E-state index in [1.54, 1.807) is 13.4 Å². The monoisotopic (exact) mass is 372 g/mol. The Morgan fingerprint density at radius 1 is 1.33 bits per heavy atom. The zero-order valence-electron chi connectivity index (χ0n) is 16.9. The SMILES string of the molecule is CCc1nncn1CCNC(=NCCCOC)NC(C)c1ccccc1C. The molecule has 1 unspecified atom stereocenters. The maximum atomic E-state index is 5.12. The van der Waals surface area contributed by atoms with Crippen molar-refractivity contribution in [2.45, 2.75) is 46.2 Å². The van der Waals surface area contributed by atoms with Crippen LogP contribution in [0.15, 0.2) is 35.6 Å². The van der Waals surface area contributed by atoms with Gasteiger partial charge in [0, 0.05) is 39.8 Å². The van der Waals surface area contributed by atoms with Gasteiger partial charge in [0.15, 0.2) is 5.96 Å². The van der Waals surface area contributed by atoms with Gasteiger partial charge in [-0.1, -0.05) is 31.2 Å². The number of hydrogen-bond acceptors (Lipinski definition) is 4. The molecule has 2 N–H and O–H groups in total. The minimum atomic E-state index is 0.168. The van der Waals surface area contributed by atoms with Gasteiger partial charge < -0.3 is 19.9 Å². The molecule has 0 radical (unpaired) electrons. The largest absolute Gasteiger partial charge is 0.385 e. The van der Waals surface area contributed by atoms with Gasteiger partial charge in [-0.3, -0.25) is 4.99 Å². The fraction of sp³-hybridized carbons (Fsp3) is 0.550. The van der Waals surface area contributed by atoms with E-state index in [2.05, 4.69) is 70.4 Å². The van der Waals surface area contributed by atoms with Crippen LogP contribution in [0.25, 0.3) is 0 Å². The predicted molar refractivity (Wildman–Crippen MR) is 109 cm³/mol. The van der Waals surface area contributed by atoms with Crippen LogP contribution in [0.3, 0.4) is 0 Å². The van der Waals surface area contributed by atoms with Crippen LogP contribution in [-0.4, -0.2) is 47.5 Å². The van der Waals surface area contributed by atoms with Gasteiger partial charge in [-0.2, -0.15) is 0 Å². The second kappa shape index (κ2) is 11.3. The molecule has 2 rings (SSSR count). The summed E-state index contributed by atoms with van der Waals surface area (Å²) >= 11 is 0. The Labute approximate surface area is 162 Å². The third kappa shape index (κ3) is 6.67. The van der Waals surface area contributed by atoms with Gasteiger partial charge in [0.1, 0.15) is 12.2 Å². The fourth-order valence-electron chi connectivity index (χ4n) is 2.94. The molecule has 27 heavy (non-hydrogen) atoms. The molecule has 0 aliphatic rings. The van der Waals surface area contributed by atoms with Gasteiger partial charge in [-0.15, -0.1) is 10.2 Å². The number of guanidine groups is 1. The van der Waals surface area contributed by atoms with Crippen molar-refractivity contribution in [1.82, 2.24) is 25.4 Å². The molecule has 0 spiro atoms. The molecule has 0 saturated heterocycles. The molecule has 1 aromatic heterocycles. The lowest BCUT2D eigenvalue weighted by molar-refractivity contribution is 0.197. The van der Waals surface area contributed by atoms with E-state index in [0.29, 0.717) is 6.61 Å². The van der Waals surface area contributed by atoms with E-state index in [0.717, 1.165) is 44.3 Å². The van der Waals surface area contributed by atoms with Crippen LogP contribution in [0.1, 0.15) is 43.3 Å². The first-order valence-electron chi connectivity index (χ1n) is 9.61. The fourth-order valence-corrected chi connectivity index (χ4v) is 2.94. The van der Waals surface area contributed by atoms with Gasteiger partial charge >= 0.3 is 0 Å². The maximum Gasteiger partial charge on any atom is 0.191 e. The highest BCUT2D eigenvalue weighted by Crippen LogP contribution is 2.16. The molecule has 2 aromatic rings. The number of ether oxygens (including phenoxy) is 1. The summed E-state index contributed by atoms with van der Waals surface area (Å²) in [5, 5.41) is 15.1. The average Bonchev–Trinajstić information content (AvgIpc) is 3.12. The van der Waals surface area contributed by atoms with Gasteiger partial charge in [0.2, 0.25) is 0 Å². The quantitative estimate of drug-likeness (QED) is 0.381. The summed E-state index contributed by atoms with van der Waals surface area (Å²) < 4.78 is 7.19. The van der Waals surface area contributed by atoms with Gasteiger partial charge in [-0.25, -0.2) is 0 Å². The van der Waals surface area contributed by atoms with Crippen molar-refractivity contribution >= 4 is 5.96 Å². The van der Waals surface area contributed by atoms with E-state index in [1.165, 1.54) is 11.1 Å². The summed E-state index contributed by atoms with van der Waals surface area (Å²) in [4.78, 5) is 4.69. The summed E-state index contributed by atoms with van der Waals surface area (Å²) in [7, 11) is 1.71. The summed E-state index contributed by atoms with van der Waals surface area (Å²) in [5.74, 6) is 1.81. The Balaban J connectivity index is 1.96. The molecular weight excluding hydrogens is 340 g/mol. The van der Waals surface area contributed by atoms with Crippen LogP contribution in [0.5, 0.6) is 0 Å². The Bertz CT molecular complexity index is 712. The lowest BCUT2D eigenvalue weighted by atomic mass is 10.0. The zero-order valence-corrected chi connectivity index (χ0v) is 16.9. The first-order chi connectivity index (χ1) is 13.2. The second-order valence-electron chi connectivity index (χ2n) is 6.52. The lowest BCUT2D eigenvalue weighted by Crippen LogP contribution is -2.40. The molecule has 0 fully saturated rings. The molecule has 0 amide bonds. The first kappa shape index (κ1) is 20.9. The van der Waals surface area contributed by atoms with E-state index in [4.69, 9.17) is 9.73 Å². The topological polar surface area (TPSA) is 76.4 Å². The average molecular weight is 373 g/mol. The molecule has 1 aromatic carbocycles. The first-order valence-corrected chi connectivity index (χ1v) is 9.61. The molecule has 7 nitrogen and oxygen atoms in total. The summed E-state index contributed by atoms with van der Waals surface area (Å²) in [6, 6.07) is 8.59. The third-order valence-corrected chi connectivity index (χ3v) is 4.44. The van der Waals surface area contributed by atoms with Gasteiger partial charge in [-0.05, 0) is 31.4 Å². The van der Waals surface area contributed by atoms with Crippen molar-refractivity contribution < 1.29 is 4.74 Å². The van der Waals surface area contributed by atoms with E-state index < -0.39 is 0 Å². The van der Waals surface area contributed by atoms with E-state index in [9.17, 15) is 0 Å². The molecular formula is C20H32N6O. The number of aliphatic imine (C=N–C) groups is 1. The molecule has 1 heterocycles. The molecule has 148 valence electrons. The number of rotatable bonds is 10. The third-order valence-electron chi connectivity index (χ3n) is 4.44. The van der Waals surface area contributed by atoms with Crippen molar-refractivity contribution in [3.05, 3.63) is 47.5 Å². The smallest absolute Gasteiger partial charge is 0.191 e. The predicted octanol–water partition coefficient (Wildman–Crippen LogP) is 2.48. The molecule has 0 aliphatic carbocycles. The molecule has 0 bridgehead atoms. The molecule has 0 saturated carbocycles. The van der Waals surface area contributed by atoms with Gasteiger partial charge in [0.05, 0.1) is 6.04 Å². The van der Waals surface area contributed by atoms with Crippen LogP contribution in [-0.2, 0) is 17.7 Å².